The first-order chi connectivity index (χ1) is 15.0. The van der Waals surface area contributed by atoms with E-state index >= 15 is 0 Å². The number of nitrogens with one attached hydrogen (secondary N) is 1. The maximum Gasteiger partial charge on any atom is 0.333 e. The summed E-state index contributed by atoms with van der Waals surface area (Å²) < 4.78 is 4.05. The fourth-order valence-corrected chi connectivity index (χ4v) is 3.39. The molecular weight excluding hydrogens is 396 g/mol. The van der Waals surface area contributed by atoms with Gasteiger partial charge in [-0.2, -0.15) is 0 Å². The Bertz CT molecular complexity index is 1350. The number of hydrogen-bond donors (Lipinski definition) is 1. The lowest BCUT2D eigenvalue weighted by Crippen LogP contribution is -2.43. The summed E-state index contributed by atoms with van der Waals surface area (Å²) >= 11 is 0. The Kier molecular flexibility index (Phi) is 5.48. The van der Waals surface area contributed by atoms with Gasteiger partial charge in [-0.15, -0.1) is 0 Å². The molecule has 0 aliphatic heterocycles. The summed E-state index contributed by atoms with van der Waals surface area (Å²) in [7, 11) is 0. The molecule has 0 fully saturated rings. The van der Waals surface area contributed by atoms with Gasteiger partial charge in [-0.1, -0.05) is 36.4 Å². The summed E-state index contributed by atoms with van der Waals surface area (Å²) in [5.74, 6) is -0.156. The van der Waals surface area contributed by atoms with Crippen molar-refractivity contribution in [3.8, 4) is 0 Å². The number of nitrogens with zero attached hydrogens (tertiary/aromatic N) is 5. The normalized spacial score (nSPS) is 11.0. The van der Waals surface area contributed by atoms with E-state index in [1.165, 1.54) is 10.9 Å². The second-order valence-electron chi connectivity index (χ2n) is 7.22. The zero-order valence-corrected chi connectivity index (χ0v) is 17.3. The summed E-state index contributed by atoms with van der Waals surface area (Å²) in [6.45, 7) is 4.09. The molecule has 3 aromatic heterocycles. The van der Waals surface area contributed by atoms with Gasteiger partial charge in [-0.3, -0.25) is 14.2 Å². The van der Waals surface area contributed by atoms with Crippen LogP contribution in [-0.2, 0) is 24.4 Å². The third kappa shape index (κ3) is 4.02. The molecule has 0 aliphatic rings. The fourth-order valence-electron chi connectivity index (χ4n) is 3.39. The maximum atomic E-state index is 13.2. The molecule has 1 amide bonds. The number of anilines is 1. The molecule has 9 heteroatoms. The first-order valence-corrected chi connectivity index (χ1v) is 9.93. The molecule has 0 radical (unpaired) electrons. The van der Waals surface area contributed by atoms with Crippen molar-refractivity contribution in [2.75, 3.05) is 5.32 Å². The second-order valence-corrected chi connectivity index (χ2v) is 7.22. The number of fused-ring (bicyclic) bond motifs is 1. The van der Waals surface area contributed by atoms with Gasteiger partial charge in [0.05, 0.1) is 12.9 Å². The van der Waals surface area contributed by atoms with Crippen LogP contribution in [0.15, 0.2) is 64.6 Å². The van der Waals surface area contributed by atoms with Gasteiger partial charge in [-0.25, -0.2) is 19.3 Å². The number of hydrogen-bond acceptors (Lipinski definition) is 5. The number of carbonyl (C=O) groups is 1. The monoisotopic (exact) mass is 418 g/mol. The molecule has 1 N–H and O–H groups in total. The lowest BCUT2D eigenvalue weighted by molar-refractivity contribution is -0.116. The van der Waals surface area contributed by atoms with E-state index in [1.54, 1.807) is 16.8 Å². The van der Waals surface area contributed by atoms with Crippen LogP contribution in [0.3, 0.4) is 0 Å². The van der Waals surface area contributed by atoms with Gasteiger partial charge in [0.2, 0.25) is 5.91 Å². The van der Waals surface area contributed by atoms with E-state index in [4.69, 9.17) is 0 Å². The molecule has 0 bridgehead atoms. The average molecular weight is 418 g/mol. The van der Waals surface area contributed by atoms with Crippen molar-refractivity contribution in [3.63, 3.8) is 0 Å². The molecule has 0 saturated carbocycles. The van der Waals surface area contributed by atoms with Crippen molar-refractivity contribution in [2.45, 2.75) is 33.5 Å². The van der Waals surface area contributed by atoms with Gasteiger partial charge < -0.3 is 9.88 Å². The van der Waals surface area contributed by atoms with Crippen LogP contribution in [0, 0.1) is 6.92 Å². The van der Waals surface area contributed by atoms with Gasteiger partial charge in [0.1, 0.15) is 12.4 Å². The molecule has 4 aromatic rings. The van der Waals surface area contributed by atoms with Gasteiger partial charge in [-0.05, 0) is 31.0 Å². The average Bonchev–Trinajstić information content (AvgIpc) is 3.21. The van der Waals surface area contributed by atoms with E-state index in [-0.39, 0.29) is 6.54 Å². The number of benzene rings is 1. The summed E-state index contributed by atoms with van der Waals surface area (Å²) in [6, 6.07) is 12.9. The first kappa shape index (κ1) is 20.3. The second kappa shape index (κ2) is 8.39. The standard InChI is InChI=1S/C22H22N6O3/c1-3-26-14-24-20-19(26)21(30)28(13-18(29)25-17-10-9-15(2)11-23-17)22(31)27(20)12-16-7-5-4-6-8-16/h4-11,14H,3,12-13H2,1-2H3,(H,23,25,29). The number of carbonyl (C=O) groups excluding carboxylic acids is 1. The molecule has 9 nitrogen and oxygen atoms in total. The summed E-state index contributed by atoms with van der Waals surface area (Å²) in [4.78, 5) is 47.4. The third-order valence-corrected chi connectivity index (χ3v) is 4.99. The molecular formula is C22H22N6O3. The Hall–Kier alpha value is -4.01. The Balaban J connectivity index is 1.77. The van der Waals surface area contributed by atoms with Gasteiger partial charge >= 0.3 is 5.69 Å². The SMILES string of the molecule is CCn1cnc2c1c(=O)n(CC(=O)Nc1ccc(C)cn1)c(=O)n2Cc1ccccc1. The lowest BCUT2D eigenvalue weighted by Gasteiger charge is -2.12. The van der Waals surface area contributed by atoms with E-state index in [1.807, 2.05) is 50.2 Å². The minimum absolute atomic E-state index is 0.234. The molecule has 0 atom stereocenters. The number of aromatic nitrogens is 5. The van der Waals surface area contributed by atoms with E-state index in [0.717, 1.165) is 15.7 Å². The van der Waals surface area contributed by atoms with Gasteiger partial charge in [0, 0.05) is 12.7 Å². The lowest BCUT2D eigenvalue weighted by atomic mass is 10.2. The molecule has 158 valence electrons. The Morgan fingerprint density at radius 3 is 2.48 bits per heavy atom. The van der Waals surface area contributed by atoms with Crippen molar-refractivity contribution in [1.29, 1.82) is 0 Å². The molecule has 0 aliphatic carbocycles. The molecule has 4 rings (SSSR count). The van der Waals surface area contributed by atoms with Crippen LogP contribution in [0.4, 0.5) is 5.82 Å². The molecule has 3 heterocycles. The van der Waals surface area contributed by atoms with E-state index in [2.05, 4.69) is 15.3 Å². The van der Waals surface area contributed by atoms with Crippen molar-refractivity contribution in [2.24, 2.45) is 0 Å². The predicted octanol–water partition coefficient (Wildman–Crippen LogP) is 1.77. The third-order valence-electron chi connectivity index (χ3n) is 4.99. The predicted molar refractivity (Wildman–Crippen MR) is 117 cm³/mol. The highest BCUT2D eigenvalue weighted by Gasteiger charge is 2.19. The highest BCUT2D eigenvalue weighted by Crippen LogP contribution is 2.10. The van der Waals surface area contributed by atoms with E-state index in [9.17, 15) is 14.4 Å². The maximum absolute atomic E-state index is 13.2. The Morgan fingerprint density at radius 1 is 1.03 bits per heavy atom. The minimum Gasteiger partial charge on any atom is -0.325 e. The highest BCUT2D eigenvalue weighted by atomic mass is 16.2. The van der Waals surface area contributed by atoms with Crippen molar-refractivity contribution in [3.05, 3.63) is 87.0 Å². The zero-order valence-electron chi connectivity index (χ0n) is 17.3. The summed E-state index contributed by atoms with van der Waals surface area (Å²) in [6.07, 6.45) is 3.16. The van der Waals surface area contributed by atoms with E-state index in [0.29, 0.717) is 23.5 Å². The van der Waals surface area contributed by atoms with Gasteiger partial charge in [0.25, 0.3) is 5.56 Å². The molecule has 0 unspecified atom stereocenters. The number of imidazole rings is 1. The Morgan fingerprint density at radius 2 is 1.81 bits per heavy atom. The summed E-state index contributed by atoms with van der Waals surface area (Å²) in [5.41, 5.74) is 1.30. The Labute approximate surface area is 177 Å². The van der Waals surface area contributed by atoms with Crippen molar-refractivity contribution < 1.29 is 4.79 Å². The molecule has 31 heavy (non-hydrogen) atoms. The number of pyridine rings is 1. The first-order valence-electron chi connectivity index (χ1n) is 9.93. The van der Waals surface area contributed by atoms with Gasteiger partial charge in [0.15, 0.2) is 11.2 Å². The van der Waals surface area contributed by atoms with Crippen molar-refractivity contribution in [1.82, 2.24) is 23.7 Å². The van der Waals surface area contributed by atoms with Crippen LogP contribution in [0.1, 0.15) is 18.1 Å². The van der Waals surface area contributed by atoms with Crippen LogP contribution in [0.25, 0.3) is 11.2 Å². The fraction of sp³-hybridized carbons (Fsp3) is 0.227. The molecule has 0 spiro atoms. The topological polar surface area (TPSA) is 104 Å². The van der Waals surface area contributed by atoms with Crippen LogP contribution in [0.2, 0.25) is 0 Å². The van der Waals surface area contributed by atoms with Crippen LogP contribution in [-0.4, -0.2) is 29.6 Å². The van der Waals surface area contributed by atoms with E-state index < -0.39 is 23.7 Å². The quantitative estimate of drug-likeness (QED) is 0.514. The smallest absolute Gasteiger partial charge is 0.325 e. The number of amides is 1. The molecule has 0 saturated heterocycles. The van der Waals surface area contributed by atoms with Crippen LogP contribution in [0.5, 0.6) is 0 Å². The largest absolute Gasteiger partial charge is 0.333 e. The molecule has 1 aromatic carbocycles. The number of rotatable bonds is 6. The van der Waals surface area contributed by atoms with Crippen LogP contribution >= 0.6 is 0 Å². The van der Waals surface area contributed by atoms with Crippen LogP contribution < -0.4 is 16.6 Å². The van der Waals surface area contributed by atoms with Crippen molar-refractivity contribution >= 4 is 22.9 Å². The summed E-state index contributed by atoms with van der Waals surface area (Å²) in [5, 5.41) is 2.63. The minimum atomic E-state index is -0.588. The number of aryl methyl sites for hydroxylation is 2. The zero-order chi connectivity index (χ0) is 22.0. The highest BCUT2D eigenvalue weighted by molar-refractivity contribution is 5.89.